The summed E-state index contributed by atoms with van der Waals surface area (Å²) >= 11 is 2.03. The third kappa shape index (κ3) is 4.87. The van der Waals surface area contributed by atoms with Gasteiger partial charge in [0.1, 0.15) is 11.9 Å². The fraction of sp³-hybridized carbons (Fsp3) is 0.300. The number of hydrogen-bond donors (Lipinski definition) is 1. The molecule has 3 nitrogen and oxygen atoms in total. The van der Waals surface area contributed by atoms with Gasteiger partial charge in [0.25, 0.3) is 0 Å². The Kier molecular flexibility index (Phi) is 7.12. The summed E-state index contributed by atoms with van der Waals surface area (Å²) in [6.07, 6.45) is -0.276. The first-order valence-corrected chi connectivity index (χ1v) is 5.24. The fourth-order valence-electron chi connectivity index (χ4n) is 1.09. The van der Waals surface area contributed by atoms with Gasteiger partial charge in [-0.3, -0.25) is 4.79 Å². The number of phenolic OH excluding ortho intramolecular Hbond substituents is 1. The van der Waals surface area contributed by atoms with Crippen LogP contribution in [-0.2, 0) is 9.53 Å². The number of phenols is 1. The van der Waals surface area contributed by atoms with Gasteiger partial charge in [-0.25, -0.2) is 0 Å². The molecule has 1 aromatic carbocycles. The van der Waals surface area contributed by atoms with Crippen molar-refractivity contribution in [2.24, 2.45) is 0 Å². The zero-order chi connectivity index (χ0) is 10.7. The first-order valence-electron chi connectivity index (χ1n) is 4.16. The van der Waals surface area contributed by atoms with E-state index in [9.17, 15) is 9.90 Å². The van der Waals surface area contributed by atoms with E-state index in [1.807, 2.05) is 22.6 Å². The van der Waals surface area contributed by atoms with Crippen LogP contribution in [0.2, 0.25) is 0 Å². The first kappa shape index (κ1) is 15.5. The molecule has 89 valence electrons. The molecule has 0 aliphatic carbocycles. The summed E-state index contributed by atoms with van der Waals surface area (Å²) in [6, 6.07) is 5.13. The predicted molar refractivity (Wildman–Crippen MR) is 61.0 cm³/mol. The third-order valence-electron chi connectivity index (χ3n) is 1.78. The van der Waals surface area contributed by atoms with Gasteiger partial charge in [-0.2, -0.15) is 0 Å². The van der Waals surface area contributed by atoms with Crippen molar-refractivity contribution in [3.63, 3.8) is 0 Å². The number of halogens is 1. The Morgan fingerprint density at radius 1 is 1.53 bits per heavy atom. The quantitative estimate of drug-likeness (QED) is 0.529. The average Bonchev–Trinajstić information content (AvgIpc) is 2.08. The van der Waals surface area contributed by atoms with Crippen molar-refractivity contribution in [2.75, 3.05) is 0 Å². The summed E-state index contributed by atoms with van der Waals surface area (Å²) in [6.45, 7) is 3.17. The molecule has 0 amide bonds. The number of carbonyl (C=O) groups excluding carboxylic acids is 1. The van der Waals surface area contributed by atoms with Crippen molar-refractivity contribution in [3.05, 3.63) is 27.3 Å². The summed E-state index contributed by atoms with van der Waals surface area (Å²) in [5.41, 5.74) is 0.877. The topological polar surface area (TPSA) is 46.5 Å². The van der Waals surface area contributed by atoms with E-state index in [-0.39, 0.29) is 54.7 Å². The first-order chi connectivity index (χ1) is 6.50. The Bertz CT molecular complexity index is 355. The fourth-order valence-corrected chi connectivity index (χ4v) is 1.63. The Hall–Kier alpha value is 0.454. The molecule has 0 spiro atoms. The molecule has 1 radical (unpaired) electrons. The Morgan fingerprint density at radius 3 is 2.60 bits per heavy atom. The van der Waals surface area contributed by atoms with Crippen molar-refractivity contribution >= 4 is 28.6 Å². The van der Waals surface area contributed by atoms with E-state index in [4.69, 9.17) is 4.74 Å². The minimum atomic E-state index is -0.305. The molecule has 1 aromatic rings. The molecule has 15 heavy (non-hydrogen) atoms. The van der Waals surface area contributed by atoms with Gasteiger partial charge in [0, 0.05) is 43.8 Å². The van der Waals surface area contributed by atoms with Crippen LogP contribution in [0.25, 0.3) is 0 Å². The molecule has 0 fully saturated rings. The molecule has 1 N–H and O–H groups in total. The van der Waals surface area contributed by atoms with Crippen LogP contribution in [0.5, 0.6) is 5.75 Å². The SMILES string of the molecule is CC(=O)OC(C)c1ccc(O)c(I)c1.[Tm]. The number of aromatic hydroxyl groups is 1. The molecular formula is C10H11IO3Tm. The molecule has 0 bridgehead atoms. The second kappa shape index (κ2) is 6.91. The van der Waals surface area contributed by atoms with E-state index in [1.54, 1.807) is 25.1 Å². The van der Waals surface area contributed by atoms with Crippen LogP contribution >= 0.6 is 22.6 Å². The normalized spacial score (nSPS) is 11.4. The maximum absolute atomic E-state index is 10.7. The standard InChI is InChI=1S/C10H11IO3.Tm/c1-6(14-7(2)12)8-3-4-10(13)9(11)5-8;/h3-6,13H,1-2H3;. The van der Waals surface area contributed by atoms with Crippen molar-refractivity contribution in [1.29, 1.82) is 0 Å². The summed E-state index contributed by atoms with van der Waals surface area (Å²) in [4.78, 5) is 10.7. The summed E-state index contributed by atoms with van der Waals surface area (Å²) < 4.78 is 5.76. The van der Waals surface area contributed by atoms with Gasteiger partial charge in [-0.1, -0.05) is 6.07 Å². The van der Waals surface area contributed by atoms with Gasteiger partial charge >= 0.3 is 5.97 Å². The molecule has 1 unspecified atom stereocenters. The molecule has 1 atom stereocenters. The minimum absolute atomic E-state index is 0. The van der Waals surface area contributed by atoms with Gasteiger partial charge in [-0.05, 0) is 47.2 Å². The van der Waals surface area contributed by atoms with E-state index in [0.29, 0.717) is 0 Å². The van der Waals surface area contributed by atoms with Crippen LogP contribution in [0, 0.1) is 40.4 Å². The second-order valence-electron chi connectivity index (χ2n) is 2.96. The molecule has 5 heteroatoms. The molecule has 0 saturated carbocycles. The number of carbonyl (C=O) groups is 1. The van der Waals surface area contributed by atoms with Crippen molar-refractivity contribution in [3.8, 4) is 5.75 Å². The molecule has 1 rings (SSSR count). The molecule has 0 aliphatic heterocycles. The van der Waals surface area contributed by atoms with Crippen molar-refractivity contribution in [2.45, 2.75) is 20.0 Å². The van der Waals surface area contributed by atoms with Crippen LogP contribution in [0.3, 0.4) is 0 Å². The number of benzene rings is 1. The Labute approximate surface area is 132 Å². The van der Waals surface area contributed by atoms with E-state index in [0.717, 1.165) is 9.13 Å². The van der Waals surface area contributed by atoms with Crippen LogP contribution in [0.1, 0.15) is 25.5 Å². The van der Waals surface area contributed by atoms with Gasteiger partial charge in [0.15, 0.2) is 0 Å². The Balaban J connectivity index is 0.00000196. The van der Waals surface area contributed by atoms with Crippen molar-refractivity contribution < 1.29 is 51.5 Å². The van der Waals surface area contributed by atoms with Crippen LogP contribution < -0.4 is 0 Å². The third-order valence-corrected chi connectivity index (χ3v) is 2.65. The van der Waals surface area contributed by atoms with Gasteiger partial charge in [0.05, 0.1) is 3.57 Å². The smallest absolute Gasteiger partial charge is 0.303 e. The molecule has 0 saturated heterocycles. The number of rotatable bonds is 2. The maximum Gasteiger partial charge on any atom is 0.303 e. The molecular weight excluding hydrogens is 464 g/mol. The van der Waals surface area contributed by atoms with Gasteiger partial charge in [-0.15, -0.1) is 0 Å². The number of hydrogen-bond acceptors (Lipinski definition) is 3. The zero-order valence-electron chi connectivity index (χ0n) is 8.23. The van der Waals surface area contributed by atoms with E-state index >= 15 is 0 Å². The zero-order valence-corrected chi connectivity index (χ0v) is 12.2. The predicted octanol–water partition coefficient (Wildman–Crippen LogP) is 2.62. The molecule has 0 heterocycles. The second-order valence-corrected chi connectivity index (χ2v) is 4.12. The molecule has 0 aromatic heterocycles. The van der Waals surface area contributed by atoms with Gasteiger partial charge in [0.2, 0.25) is 0 Å². The van der Waals surface area contributed by atoms with Gasteiger partial charge < -0.3 is 9.84 Å². The monoisotopic (exact) mass is 475 g/mol. The van der Waals surface area contributed by atoms with E-state index in [2.05, 4.69) is 0 Å². The summed E-state index contributed by atoms with van der Waals surface area (Å²) in [5.74, 6) is -0.0649. The largest absolute Gasteiger partial charge is 0.507 e. The Morgan fingerprint density at radius 2 is 2.13 bits per heavy atom. The minimum Gasteiger partial charge on any atom is -0.507 e. The van der Waals surface area contributed by atoms with Crippen LogP contribution in [-0.4, -0.2) is 11.1 Å². The van der Waals surface area contributed by atoms with E-state index < -0.39 is 0 Å². The average molecular weight is 475 g/mol. The van der Waals surface area contributed by atoms with E-state index in [1.165, 1.54) is 6.92 Å². The summed E-state index contributed by atoms with van der Waals surface area (Å²) in [7, 11) is 0. The van der Waals surface area contributed by atoms with Crippen LogP contribution in [0.15, 0.2) is 18.2 Å². The number of ether oxygens (including phenoxy) is 1. The molecule has 0 aliphatic rings. The number of esters is 1. The van der Waals surface area contributed by atoms with Crippen molar-refractivity contribution in [1.82, 2.24) is 0 Å². The maximum atomic E-state index is 10.7. The van der Waals surface area contributed by atoms with Crippen LogP contribution in [0.4, 0.5) is 0 Å². The summed E-state index contributed by atoms with van der Waals surface area (Å²) in [5, 5.41) is 9.29.